The van der Waals surface area contributed by atoms with E-state index in [2.05, 4.69) is 135 Å². The van der Waals surface area contributed by atoms with Gasteiger partial charge in [0.15, 0.2) is 0 Å². The Morgan fingerprint density at radius 2 is 1.47 bits per heavy atom. The minimum atomic E-state index is 0.207. The Kier molecular flexibility index (Phi) is 22.6. The van der Waals surface area contributed by atoms with Crippen LogP contribution in [0.15, 0.2) is 134 Å². The molecule has 0 unspecified atom stereocenters. The van der Waals surface area contributed by atoms with Crippen molar-refractivity contribution in [1.29, 1.82) is 0 Å². The molecule has 0 saturated carbocycles. The summed E-state index contributed by atoms with van der Waals surface area (Å²) in [6.07, 6.45) is 11.8. The van der Waals surface area contributed by atoms with Crippen LogP contribution in [0, 0.1) is 19.3 Å². The van der Waals surface area contributed by atoms with Crippen molar-refractivity contribution in [2.75, 3.05) is 0 Å². The summed E-state index contributed by atoms with van der Waals surface area (Å²) in [5.41, 5.74) is 13.4. The monoisotopic (exact) mass is 608 g/mol. The van der Waals surface area contributed by atoms with Gasteiger partial charge in [-0.2, -0.15) is 0 Å². The molecule has 0 fully saturated rings. The maximum absolute atomic E-state index is 4.17. The molecule has 1 nitrogen and oxygen atoms in total. The van der Waals surface area contributed by atoms with Crippen LogP contribution in [0.3, 0.4) is 0 Å². The second-order valence-electron chi connectivity index (χ2n) is 12.3. The molecule has 0 aliphatic heterocycles. The standard InChI is InChI=1S/C15H22.C14H20.C13H17N.C2H6/c1-11-7-8-14(9-12(11)2)10-13(3)15(4,5)6;1-6-8-9-14(7-2)13(5)11-10-12(3)4;1-5-12-7-6-8-13(9-12)11(4)14-10(2)3;1-2/h7-9H,3,10H2,1-2,4-6H3;6-9H,1,3,5,10-11H2,2,4H3;6-9,14H,2,4-5H2,1,3H3;1-2H3/b;9-8-,14-7+;;. The molecule has 2 aromatic rings. The summed E-state index contributed by atoms with van der Waals surface area (Å²) in [6.45, 7) is 46.6. The molecular formula is C44H65N. The van der Waals surface area contributed by atoms with E-state index in [4.69, 9.17) is 0 Å². The zero-order valence-electron chi connectivity index (χ0n) is 30.9. The highest BCUT2D eigenvalue weighted by Gasteiger charge is 2.15. The minimum absolute atomic E-state index is 0.207. The maximum atomic E-state index is 4.17. The normalized spacial score (nSPS) is 10.6. The van der Waals surface area contributed by atoms with Crippen LogP contribution in [0.25, 0.3) is 5.70 Å². The Labute approximate surface area is 279 Å². The van der Waals surface area contributed by atoms with Gasteiger partial charge in [-0.3, -0.25) is 0 Å². The summed E-state index contributed by atoms with van der Waals surface area (Å²) in [7, 11) is 0. The molecule has 45 heavy (non-hydrogen) atoms. The van der Waals surface area contributed by atoms with Gasteiger partial charge in [0.1, 0.15) is 0 Å². The Bertz CT molecular complexity index is 1320. The predicted octanol–water partition coefficient (Wildman–Crippen LogP) is 13.4. The molecule has 1 heteroatoms. The van der Waals surface area contributed by atoms with E-state index >= 15 is 0 Å². The quantitative estimate of drug-likeness (QED) is 0.187. The van der Waals surface area contributed by atoms with E-state index in [0.29, 0.717) is 0 Å². The van der Waals surface area contributed by atoms with Gasteiger partial charge >= 0.3 is 0 Å². The summed E-state index contributed by atoms with van der Waals surface area (Å²) in [5.74, 6) is 0. The summed E-state index contributed by atoms with van der Waals surface area (Å²) in [6, 6.07) is 15.1. The van der Waals surface area contributed by atoms with E-state index in [1.807, 2.05) is 46.8 Å². The van der Waals surface area contributed by atoms with E-state index in [0.717, 1.165) is 48.2 Å². The van der Waals surface area contributed by atoms with Gasteiger partial charge in [-0.1, -0.05) is 146 Å². The number of rotatable bonds is 12. The minimum Gasteiger partial charge on any atom is -0.360 e. The van der Waals surface area contributed by atoms with Gasteiger partial charge in [0.2, 0.25) is 0 Å². The molecule has 0 atom stereocenters. The lowest BCUT2D eigenvalue weighted by Gasteiger charge is -2.22. The molecule has 0 amide bonds. The molecule has 0 saturated heterocycles. The first-order chi connectivity index (χ1) is 21.0. The van der Waals surface area contributed by atoms with E-state index in [1.54, 1.807) is 6.08 Å². The summed E-state index contributed by atoms with van der Waals surface area (Å²) in [5, 5.41) is 3.12. The van der Waals surface area contributed by atoms with Crippen LogP contribution in [0.5, 0.6) is 0 Å². The molecule has 246 valence electrons. The first kappa shape index (κ1) is 43.3. The van der Waals surface area contributed by atoms with Crippen LogP contribution in [-0.2, 0) is 12.8 Å². The SMILES string of the molecule is C=C(C)NC(=C)c1cccc(CC)c1.C=C(Cc1ccc(C)c(C)c1)C(C)(C)C.C=C/C=C\C(=C/C)C(=C)CCC(=C)C.CC. The highest BCUT2D eigenvalue weighted by atomic mass is 14.9. The molecule has 0 heterocycles. The lowest BCUT2D eigenvalue weighted by atomic mass is 9.83. The first-order valence-corrected chi connectivity index (χ1v) is 16.3. The highest BCUT2D eigenvalue weighted by Crippen LogP contribution is 2.27. The molecule has 0 aromatic heterocycles. The van der Waals surface area contributed by atoms with Crippen LogP contribution in [0.1, 0.15) is 103 Å². The van der Waals surface area contributed by atoms with Gasteiger partial charge in [-0.05, 0) is 111 Å². The Morgan fingerprint density at radius 3 is 1.93 bits per heavy atom. The Balaban J connectivity index is 0. The van der Waals surface area contributed by atoms with Gasteiger partial charge in [0.05, 0.1) is 0 Å². The van der Waals surface area contributed by atoms with Crippen LogP contribution in [-0.4, -0.2) is 0 Å². The Morgan fingerprint density at radius 1 is 0.844 bits per heavy atom. The largest absolute Gasteiger partial charge is 0.360 e. The maximum Gasteiger partial charge on any atom is 0.0382 e. The molecule has 2 aromatic carbocycles. The number of hydrogen-bond donors (Lipinski definition) is 1. The third kappa shape index (κ3) is 19.9. The van der Waals surface area contributed by atoms with Crippen LogP contribution >= 0.6 is 0 Å². The van der Waals surface area contributed by atoms with E-state index in [-0.39, 0.29) is 5.41 Å². The van der Waals surface area contributed by atoms with Crippen molar-refractivity contribution < 1.29 is 0 Å². The number of nitrogens with one attached hydrogen (secondary N) is 1. The summed E-state index contributed by atoms with van der Waals surface area (Å²) < 4.78 is 0. The molecule has 0 radical (unpaired) electrons. The van der Waals surface area contributed by atoms with Gasteiger partial charge in [0, 0.05) is 11.4 Å². The van der Waals surface area contributed by atoms with Crippen LogP contribution in [0.2, 0.25) is 0 Å². The zero-order chi connectivity index (χ0) is 35.2. The molecule has 0 aliphatic rings. The molecule has 0 spiro atoms. The van der Waals surface area contributed by atoms with Crippen molar-refractivity contribution in [2.45, 2.75) is 102 Å². The lowest BCUT2D eigenvalue weighted by Crippen LogP contribution is -2.10. The van der Waals surface area contributed by atoms with Gasteiger partial charge in [0.25, 0.3) is 0 Å². The van der Waals surface area contributed by atoms with Crippen LogP contribution in [0.4, 0.5) is 0 Å². The van der Waals surface area contributed by atoms with Crippen molar-refractivity contribution in [2.24, 2.45) is 5.41 Å². The molecular weight excluding hydrogens is 542 g/mol. The van der Waals surface area contributed by atoms with Gasteiger partial charge in [-0.25, -0.2) is 0 Å². The molecule has 1 N–H and O–H groups in total. The second-order valence-corrected chi connectivity index (χ2v) is 12.3. The highest BCUT2D eigenvalue weighted by molar-refractivity contribution is 5.63. The van der Waals surface area contributed by atoms with Gasteiger partial charge < -0.3 is 5.32 Å². The average Bonchev–Trinajstić information content (AvgIpc) is 2.99. The molecule has 0 aliphatic carbocycles. The summed E-state index contributed by atoms with van der Waals surface area (Å²) >= 11 is 0. The van der Waals surface area contributed by atoms with E-state index < -0.39 is 0 Å². The average molecular weight is 608 g/mol. The topological polar surface area (TPSA) is 12.0 Å². The number of aryl methyl sites for hydroxylation is 3. The first-order valence-electron chi connectivity index (χ1n) is 16.3. The zero-order valence-corrected chi connectivity index (χ0v) is 30.9. The van der Waals surface area contributed by atoms with Crippen molar-refractivity contribution in [1.82, 2.24) is 5.32 Å². The van der Waals surface area contributed by atoms with Crippen LogP contribution < -0.4 is 5.32 Å². The number of hydrogen-bond acceptors (Lipinski definition) is 1. The van der Waals surface area contributed by atoms with Crippen molar-refractivity contribution in [3.8, 4) is 0 Å². The fourth-order valence-electron chi connectivity index (χ4n) is 3.83. The third-order valence-corrected chi connectivity index (χ3v) is 7.08. The molecule has 0 bridgehead atoms. The van der Waals surface area contributed by atoms with Crippen molar-refractivity contribution >= 4 is 5.70 Å². The van der Waals surface area contributed by atoms with E-state index in [9.17, 15) is 0 Å². The molecule has 2 rings (SSSR count). The summed E-state index contributed by atoms with van der Waals surface area (Å²) in [4.78, 5) is 0. The number of allylic oxidation sites excluding steroid dienone is 9. The Hall–Kier alpha value is -3.84. The fraction of sp³-hybridized carbons (Fsp3) is 0.364. The fourth-order valence-corrected chi connectivity index (χ4v) is 3.83. The van der Waals surface area contributed by atoms with E-state index in [1.165, 1.54) is 39.0 Å². The smallest absolute Gasteiger partial charge is 0.0382 e. The van der Waals surface area contributed by atoms with Crippen molar-refractivity contribution in [3.05, 3.63) is 162 Å². The van der Waals surface area contributed by atoms with Gasteiger partial charge in [-0.15, -0.1) is 6.58 Å². The number of benzene rings is 2. The third-order valence-electron chi connectivity index (χ3n) is 7.08. The second kappa shape index (κ2) is 23.5. The van der Waals surface area contributed by atoms with Crippen molar-refractivity contribution in [3.63, 3.8) is 0 Å². The lowest BCUT2D eigenvalue weighted by molar-refractivity contribution is 0.494. The predicted molar refractivity (Wildman–Crippen MR) is 209 cm³/mol.